The molecule has 3 rings (SSSR count). The number of halogens is 5. The number of Topliss-reactive ketones (excluding diaryl/α,β-unsaturated/α-hetero) is 1. The van der Waals surface area contributed by atoms with Crippen molar-refractivity contribution < 1.29 is 18.0 Å². The van der Waals surface area contributed by atoms with Crippen LogP contribution < -0.4 is 5.69 Å². The third-order valence-corrected chi connectivity index (χ3v) is 6.67. The van der Waals surface area contributed by atoms with Crippen molar-refractivity contribution in [3.63, 3.8) is 0 Å². The van der Waals surface area contributed by atoms with Gasteiger partial charge in [0.1, 0.15) is 17.0 Å². The Morgan fingerprint density at radius 3 is 2.19 bits per heavy atom. The maximum absolute atomic E-state index is 13.2. The second-order valence-electron chi connectivity index (χ2n) is 10.1. The van der Waals surface area contributed by atoms with Crippen LogP contribution in [0.5, 0.6) is 0 Å². The molecule has 2 aromatic carbocycles. The maximum atomic E-state index is 13.2. The number of aryl methyl sites for hydroxylation is 1. The molecule has 3 aromatic rings. The highest BCUT2D eigenvalue weighted by Crippen LogP contribution is 2.39. The first kappa shape index (κ1) is 27.9. The monoisotopic (exact) mass is 539 g/mol. The summed E-state index contributed by atoms with van der Waals surface area (Å²) < 4.78 is 39.5. The van der Waals surface area contributed by atoms with Crippen molar-refractivity contribution in [2.24, 2.45) is 5.41 Å². The first-order valence-electron chi connectivity index (χ1n) is 11.2. The minimum atomic E-state index is -4.64. The summed E-state index contributed by atoms with van der Waals surface area (Å²) in [7, 11) is 0. The zero-order valence-corrected chi connectivity index (χ0v) is 22.0. The molecule has 0 aliphatic carbocycles. The van der Waals surface area contributed by atoms with E-state index < -0.39 is 23.1 Å². The molecular formula is C26H26Cl2F3N3O2. The number of hydrogen-bond acceptors (Lipinski definition) is 4. The molecule has 1 N–H and O–H groups in total. The van der Waals surface area contributed by atoms with E-state index in [0.29, 0.717) is 21.7 Å². The van der Waals surface area contributed by atoms with Gasteiger partial charge in [-0.1, -0.05) is 50.0 Å². The molecule has 192 valence electrons. The van der Waals surface area contributed by atoms with Crippen molar-refractivity contribution in [2.45, 2.75) is 59.1 Å². The molecule has 0 spiro atoms. The first-order chi connectivity index (χ1) is 16.5. The Balaban J connectivity index is 1.96. The van der Waals surface area contributed by atoms with Crippen LogP contribution in [0.25, 0.3) is 22.8 Å². The van der Waals surface area contributed by atoms with Crippen molar-refractivity contribution in [3.05, 3.63) is 68.1 Å². The number of aromatic amines is 1. The van der Waals surface area contributed by atoms with E-state index in [4.69, 9.17) is 23.2 Å². The Hall–Kier alpha value is -2.71. The average molecular weight is 540 g/mol. The standard InChI is InChI=1S/C26H26Cl2F3N3O2/c1-24(2,3)17-13-15(8-10-19(17)28)21-32-22(34-23(36)33-21)16-12-14(6-9-18(16)27)7-11-20(35)25(4,5)26(29,30)31/h6,8-10,12-13H,7,11H2,1-5H3,(H,32,33,34,36). The quantitative estimate of drug-likeness (QED) is 0.359. The van der Waals surface area contributed by atoms with Crippen LogP contribution >= 0.6 is 23.2 Å². The normalized spacial score (nSPS) is 12.6. The number of rotatable bonds is 6. The molecule has 0 amide bonds. The van der Waals surface area contributed by atoms with Crippen molar-refractivity contribution in [1.82, 2.24) is 15.0 Å². The summed E-state index contributed by atoms with van der Waals surface area (Å²) in [5, 5.41) is 0.850. The van der Waals surface area contributed by atoms with E-state index in [1.54, 1.807) is 30.3 Å². The third-order valence-electron chi connectivity index (χ3n) is 6.02. The molecule has 0 aliphatic rings. The Morgan fingerprint density at radius 1 is 0.944 bits per heavy atom. The Labute approximate surface area is 217 Å². The van der Waals surface area contributed by atoms with Crippen LogP contribution in [0.2, 0.25) is 10.0 Å². The van der Waals surface area contributed by atoms with Gasteiger partial charge in [0.05, 0.1) is 5.02 Å². The number of carbonyl (C=O) groups is 1. The van der Waals surface area contributed by atoms with Gasteiger partial charge >= 0.3 is 11.9 Å². The highest BCUT2D eigenvalue weighted by molar-refractivity contribution is 6.33. The van der Waals surface area contributed by atoms with Crippen LogP contribution in [0.3, 0.4) is 0 Å². The topological polar surface area (TPSA) is 75.7 Å². The number of alkyl halides is 3. The molecule has 5 nitrogen and oxygen atoms in total. The smallest absolute Gasteiger partial charge is 0.299 e. The third kappa shape index (κ3) is 5.98. The van der Waals surface area contributed by atoms with E-state index in [-0.39, 0.29) is 34.9 Å². The highest BCUT2D eigenvalue weighted by Gasteiger charge is 2.51. The average Bonchev–Trinajstić information content (AvgIpc) is 2.76. The predicted molar refractivity (Wildman–Crippen MR) is 135 cm³/mol. The fraction of sp³-hybridized carbons (Fsp3) is 0.385. The summed E-state index contributed by atoms with van der Waals surface area (Å²) in [6.07, 6.45) is -4.88. The van der Waals surface area contributed by atoms with Gasteiger partial charge in [0.2, 0.25) is 0 Å². The number of hydrogen-bond donors (Lipinski definition) is 1. The van der Waals surface area contributed by atoms with Gasteiger partial charge in [0.25, 0.3) is 0 Å². The second kappa shape index (κ2) is 9.98. The van der Waals surface area contributed by atoms with Gasteiger partial charge in [-0.15, -0.1) is 0 Å². The van der Waals surface area contributed by atoms with E-state index in [1.165, 1.54) is 0 Å². The number of ketones is 1. The minimum absolute atomic E-state index is 0.0663. The summed E-state index contributed by atoms with van der Waals surface area (Å²) in [6.45, 7) is 7.77. The number of aromatic nitrogens is 3. The summed E-state index contributed by atoms with van der Waals surface area (Å²) in [4.78, 5) is 35.7. The molecule has 1 heterocycles. The van der Waals surface area contributed by atoms with Gasteiger partial charge in [-0.2, -0.15) is 18.2 Å². The van der Waals surface area contributed by atoms with Crippen LogP contribution in [0, 0.1) is 5.41 Å². The lowest BCUT2D eigenvalue weighted by atomic mass is 9.84. The highest BCUT2D eigenvalue weighted by atomic mass is 35.5. The van der Waals surface area contributed by atoms with E-state index in [1.807, 2.05) is 26.8 Å². The Bertz CT molecular complexity index is 1360. The lowest BCUT2D eigenvalue weighted by Crippen LogP contribution is -2.39. The summed E-state index contributed by atoms with van der Waals surface area (Å²) >= 11 is 12.7. The molecular weight excluding hydrogens is 514 g/mol. The molecule has 0 unspecified atom stereocenters. The number of nitrogens with zero attached hydrogens (tertiary/aromatic N) is 2. The predicted octanol–water partition coefficient (Wildman–Crippen LogP) is 7.19. The Morgan fingerprint density at radius 2 is 1.58 bits per heavy atom. The molecule has 10 heteroatoms. The molecule has 0 aliphatic heterocycles. The van der Waals surface area contributed by atoms with E-state index in [2.05, 4.69) is 15.0 Å². The lowest BCUT2D eigenvalue weighted by molar-refractivity contribution is -0.210. The van der Waals surface area contributed by atoms with Crippen LogP contribution in [0.4, 0.5) is 13.2 Å². The zero-order chi connectivity index (χ0) is 27.1. The zero-order valence-electron chi connectivity index (χ0n) is 20.5. The Kier molecular flexibility index (Phi) is 7.72. The molecule has 0 fully saturated rings. The molecule has 1 aromatic heterocycles. The van der Waals surface area contributed by atoms with Crippen LogP contribution in [0.1, 0.15) is 52.2 Å². The molecule has 0 saturated heterocycles. The van der Waals surface area contributed by atoms with Crippen LogP contribution in [-0.2, 0) is 16.6 Å². The molecule has 0 radical (unpaired) electrons. The molecule has 0 atom stereocenters. The largest absolute Gasteiger partial charge is 0.400 e. The fourth-order valence-corrected chi connectivity index (χ4v) is 4.13. The van der Waals surface area contributed by atoms with E-state index >= 15 is 0 Å². The molecule has 36 heavy (non-hydrogen) atoms. The summed E-state index contributed by atoms with van der Waals surface area (Å²) in [5.74, 6) is -0.604. The lowest BCUT2D eigenvalue weighted by Gasteiger charge is -2.26. The SMILES string of the molecule is CC(C)(C)c1cc(-c2nc(-c3cc(CCC(=O)C(C)(C)C(F)(F)F)ccc3Cl)[nH]c(=O)n2)ccc1Cl. The maximum Gasteiger partial charge on any atom is 0.400 e. The van der Waals surface area contributed by atoms with Crippen molar-refractivity contribution >= 4 is 29.0 Å². The fourth-order valence-electron chi connectivity index (χ4n) is 3.52. The second-order valence-corrected chi connectivity index (χ2v) is 10.9. The van der Waals surface area contributed by atoms with Gasteiger partial charge in [-0.25, -0.2) is 9.78 Å². The van der Waals surface area contributed by atoms with Gasteiger partial charge in [-0.05, 0) is 67.1 Å². The number of H-pyrrole nitrogens is 1. The number of carbonyl (C=O) groups excluding carboxylic acids is 1. The number of benzene rings is 2. The van der Waals surface area contributed by atoms with E-state index in [9.17, 15) is 22.8 Å². The van der Waals surface area contributed by atoms with Crippen molar-refractivity contribution in [2.75, 3.05) is 0 Å². The van der Waals surface area contributed by atoms with Crippen LogP contribution in [0.15, 0.2) is 41.2 Å². The summed E-state index contributed by atoms with van der Waals surface area (Å²) in [6, 6.07) is 10.0. The van der Waals surface area contributed by atoms with Crippen molar-refractivity contribution in [1.29, 1.82) is 0 Å². The summed E-state index contributed by atoms with van der Waals surface area (Å²) in [5.41, 5.74) is -0.967. The van der Waals surface area contributed by atoms with Gasteiger partial charge < -0.3 is 0 Å². The van der Waals surface area contributed by atoms with Gasteiger partial charge in [0, 0.05) is 22.6 Å². The van der Waals surface area contributed by atoms with E-state index in [0.717, 1.165) is 19.4 Å². The first-order valence-corrected chi connectivity index (χ1v) is 11.9. The minimum Gasteiger partial charge on any atom is -0.299 e. The van der Waals surface area contributed by atoms with Crippen molar-refractivity contribution in [3.8, 4) is 22.8 Å². The van der Waals surface area contributed by atoms with Gasteiger partial charge in [-0.3, -0.25) is 9.78 Å². The van der Waals surface area contributed by atoms with Gasteiger partial charge in [0.15, 0.2) is 5.82 Å². The number of nitrogens with one attached hydrogen (secondary N) is 1. The molecule has 0 bridgehead atoms. The molecule has 0 saturated carbocycles. The van der Waals surface area contributed by atoms with Crippen LogP contribution in [-0.4, -0.2) is 26.9 Å².